The second kappa shape index (κ2) is 9.98. The Morgan fingerprint density at radius 1 is 0.903 bits per heavy atom. The number of carbonyl (C=O) groups is 2. The molecule has 0 radical (unpaired) electrons. The summed E-state index contributed by atoms with van der Waals surface area (Å²) in [5.41, 5.74) is 2.84. The van der Waals surface area contributed by atoms with Crippen LogP contribution < -0.4 is 15.5 Å². The van der Waals surface area contributed by atoms with Crippen molar-refractivity contribution in [2.45, 2.75) is 31.7 Å². The van der Waals surface area contributed by atoms with Gasteiger partial charge in [-0.1, -0.05) is 30.3 Å². The molecule has 2 heterocycles. The summed E-state index contributed by atoms with van der Waals surface area (Å²) in [4.78, 5) is 27.9. The first kappa shape index (κ1) is 20.7. The Balaban J connectivity index is 1.44. The summed E-state index contributed by atoms with van der Waals surface area (Å²) >= 11 is 0. The highest BCUT2D eigenvalue weighted by Gasteiger charge is 2.23. The lowest BCUT2D eigenvalue weighted by Gasteiger charge is -2.29. The number of amides is 2. The van der Waals surface area contributed by atoms with E-state index in [0.29, 0.717) is 12.1 Å². The van der Waals surface area contributed by atoms with E-state index in [0.717, 1.165) is 18.7 Å². The molecule has 160 valence electrons. The van der Waals surface area contributed by atoms with Crippen LogP contribution in [0.5, 0.6) is 0 Å². The monoisotopic (exact) mass is 417 g/mol. The number of benzene rings is 2. The van der Waals surface area contributed by atoms with Gasteiger partial charge in [-0.25, -0.2) is 0 Å². The highest BCUT2D eigenvalue weighted by Crippen LogP contribution is 2.22. The highest BCUT2D eigenvalue weighted by atomic mass is 16.3. The van der Waals surface area contributed by atoms with Crippen LogP contribution in [0.2, 0.25) is 0 Å². The van der Waals surface area contributed by atoms with Crippen LogP contribution in [-0.4, -0.2) is 30.9 Å². The van der Waals surface area contributed by atoms with Crippen molar-refractivity contribution in [3.05, 3.63) is 84.3 Å². The highest BCUT2D eigenvalue weighted by molar-refractivity contribution is 6.00. The zero-order chi connectivity index (χ0) is 21.5. The second-order valence-electron chi connectivity index (χ2n) is 7.78. The van der Waals surface area contributed by atoms with Gasteiger partial charge in [0.15, 0.2) is 5.76 Å². The Morgan fingerprint density at radius 2 is 1.65 bits per heavy atom. The molecule has 6 heteroatoms. The molecule has 1 aromatic heterocycles. The van der Waals surface area contributed by atoms with Crippen molar-refractivity contribution in [1.82, 2.24) is 5.32 Å². The smallest absolute Gasteiger partial charge is 0.287 e. The maximum Gasteiger partial charge on any atom is 0.287 e. The SMILES string of the molecule is O=C(N[C@@H](Cc1ccccc1)C(=O)Nc1ccc(N2CCCCC2)cc1)c1ccco1. The number of rotatable bonds is 7. The van der Waals surface area contributed by atoms with Gasteiger partial charge in [0.05, 0.1) is 6.26 Å². The van der Waals surface area contributed by atoms with E-state index in [1.165, 1.54) is 31.2 Å². The maximum atomic E-state index is 13.0. The molecule has 0 bridgehead atoms. The van der Waals surface area contributed by atoms with Gasteiger partial charge < -0.3 is 20.0 Å². The average Bonchev–Trinajstić information content (AvgIpc) is 3.36. The molecule has 0 unspecified atom stereocenters. The molecule has 3 aromatic rings. The molecule has 1 aliphatic heterocycles. The van der Waals surface area contributed by atoms with E-state index in [2.05, 4.69) is 15.5 Å². The summed E-state index contributed by atoms with van der Waals surface area (Å²) in [7, 11) is 0. The molecule has 31 heavy (non-hydrogen) atoms. The number of nitrogens with one attached hydrogen (secondary N) is 2. The molecule has 1 aliphatic rings. The van der Waals surface area contributed by atoms with Gasteiger partial charge in [-0.2, -0.15) is 0 Å². The minimum atomic E-state index is -0.734. The van der Waals surface area contributed by atoms with Gasteiger partial charge in [0, 0.05) is 30.9 Å². The molecule has 2 N–H and O–H groups in total. The van der Waals surface area contributed by atoms with Crippen molar-refractivity contribution in [1.29, 1.82) is 0 Å². The lowest BCUT2D eigenvalue weighted by atomic mass is 10.0. The van der Waals surface area contributed by atoms with Crippen LogP contribution in [0.1, 0.15) is 35.4 Å². The zero-order valence-corrected chi connectivity index (χ0v) is 17.4. The Morgan fingerprint density at radius 3 is 2.32 bits per heavy atom. The third-order valence-corrected chi connectivity index (χ3v) is 5.51. The van der Waals surface area contributed by atoms with Crippen LogP contribution in [0.25, 0.3) is 0 Å². The van der Waals surface area contributed by atoms with Gasteiger partial charge in [-0.05, 0) is 61.2 Å². The normalized spacial score (nSPS) is 14.6. The second-order valence-corrected chi connectivity index (χ2v) is 7.78. The minimum Gasteiger partial charge on any atom is -0.459 e. The lowest BCUT2D eigenvalue weighted by Crippen LogP contribution is -2.45. The number of piperidine rings is 1. The van der Waals surface area contributed by atoms with E-state index in [4.69, 9.17) is 4.42 Å². The molecule has 2 amide bonds. The van der Waals surface area contributed by atoms with Crippen molar-refractivity contribution < 1.29 is 14.0 Å². The number of hydrogen-bond donors (Lipinski definition) is 2. The Hall–Kier alpha value is -3.54. The van der Waals surface area contributed by atoms with Gasteiger partial charge >= 0.3 is 0 Å². The van der Waals surface area contributed by atoms with Crippen molar-refractivity contribution in [3.8, 4) is 0 Å². The molecular formula is C25H27N3O3. The van der Waals surface area contributed by atoms with E-state index in [-0.39, 0.29) is 11.7 Å². The van der Waals surface area contributed by atoms with Crippen molar-refractivity contribution in [2.75, 3.05) is 23.3 Å². The molecule has 6 nitrogen and oxygen atoms in total. The van der Waals surface area contributed by atoms with E-state index >= 15 is 0 Å². The van der Waals surface area contributed by atoms with Crippen LogP contribution in [0.4, 0.5) is 11.4 Å². The van der Waals surface area contributed by atoms with Crippen molar-refractivity contribution in [2.24, 2.45) is 0 Å². The third-order valence-electron chi connectivity index (χ3n) is 5.51. The minimum absolute atomic E-state index is 0.178. The number of hydrogen-bond acceptors (Lipinski definition) is 4. The summed E-state index contributed by atoms with van der Waals surface area (Å²) in [6.07, 6.45) is 5.54. The Labute approximate surface area is 182 Å². The molecular weight excluding hydrogens is 390 g/mol. The summed E-state index contributed by atoms with van der Waals surface area (Å²) in [5, 5.41) is 5.74. The standard InChI is InChI=1S/C25H27N3O3/c29-24(26-20-11-13-21(14-12-20)28-15-5-2-6-16-28)22(18-19-8-3-1-4-9-19)27-25(30)23-10-7-17-31-23/h1,3-4,7-14,17,22H,2,5-6,15-16,18H2,(H,26,29)(H,27,30)/t22-/m0/s1. The van der Waals surface area contributed by atoms with Crippen LogP contribution in [-0.2, 0) is 11.2 Å². The van der Waals surface area contributed by atoms with E-state index in [1.54, 1.807) is 12.1 Å². The topological polar surface area (TPSA) is 74.6 Å². The number of anilines is 2. The van der Waals surface area contributed by atoms with Crippen molar-refractivity contribution >= 4 is 23.2 Å². The van der Waals surface area contributed by atoms with Crippen LogP contribution in [0.15, 0.2) is 77.4 Å². The molecule has 0 aliphatic carbocycles. The lowest BCUT2D eigenvalue weighted by molar-refractivity contribution is -0.118. The predicted octanol–water partition coefficient (Wildman–Crippen LogP) is 4.25. The molecule has 1 atom stereocenters. The van der Waals surface area contributed by atoms with Gasteiger partial charge in [-0.3, -0.25) is 9.59 Å². The Kier molecular flexibility index (Phi) is 6.67. The number of nitrogens with zero attached hydrogens (tertiary/aromatic N) is 1. The summed E-state index contributed by atoms with van der Waals surface area (Å²) < 4.78 is 5.17. The molecule has 1 saturated heterocycles. The van der Waals surface area contributed by atoms with Crippen molar-refractivity contribution in [3.63, 3.8) is 0 Å². The van der Waals surface area contributed by atoms with Gasteiger partial charge in [0.1, 0.15) is 6.04 Å². The molecule has 0 saturated carbocycles. The summed E-state index contributed by atoms with van der Waals surface area (Å²) in [5.74, 6) is -0.507. The Bertz CT molecular complexity index is 979. The quantitative estimate of drug-likeness (QED) is 0.603. The third kappa shape index (κ3) is 5.54. The van der Waals surface area contributed by atoms with Gasteiger partial charge in [-0.15, -0.1) is 0 Å². The fraction of sp³-hybridized carbons (Fsp3) is 0.280. The summed E-state index contributed by atoms with van der Waals surface area (Å²) in [6, 6.07) is 20.0. The average molecular weight is 418 g/mol. The molecule has 1 fully saturated rings. The first-order valence-corrected chi connectivity index (χ1v) is 10.7. The molecule has 2 aromatic carbocycles. The van der Waals surface area contributed by atoms with E-state index in [1.807, 2.05) is 54.6 Å². The number of furan rings is 1. The number of carbonyl (C=O) groups excluding carboxylic acids is 2. The summed E-state index contributed by atoms with van der Waals surface area (Å²) in [6.45, 7) is 2.15. The molecule has 4 rings (SSSR count). The first-order chi connectivity index (χ1) is 15.2. The predicted molar refractivity (Wildman–Crippen MR) is 121 cm³/mol. The first-order valence-electron chi connectivity index (χ1n) is 10.7. The van der Waals surface area contributed by atoms with Crippen LogP contribution in [0, 0.1) is 0 Å². The maximum absolute atomic E-state index is 13.0. The zero-order valence-electron chi connectivity index (χ0n) is 17.4. The van der Waals surface area contributed by atoms with E-state index < -0.39 is 11.9 Å². The van der Waals surface area contributed by atoms with Gasteiger partial charge in [0.25, 0.3) is 5.91 Å². The van der Waals surface area contributed by atoms with Gasteiger partial charge in [0.2, 0.25) is 5.91 Å². The molecule has 0 spiro atoms. The fourth-order valence-electron chi connectivity index (χ4n) is 3.83. The fourth-order valence-corrected chi connectivity index (χ4v) is 3.83. The van der Waals surface area contributed by atoms with E-state index in [9.17, 15) is 9.59 Å². The van der Waals surface area contributed by atoms with Crippen LogP contribution >= 0.6 is 0 Å². The largest absolute Gasteiger partial charge is 0.459 e. The van der Waals surface area contributed by atoms with Crippen LogP contribution in [0.3, 0.4) is 0 Å².